The minimum Gasteiger partial charge on any atom is -0.354 e. The number of nitrogens with zero attached hydrogens (tertiary/aromatic N) is 2. The van der Waals surface area contributed by atoms with Crippen molar-refractivity contribution in [3.63, 3.8) is 0 Å². The molecule has 3 aromatic rings. The summed E-state index contributed by atoms with van der Waals surface area (Å²) in [5.41, 5.74) is 0.323. The van der Waals surface area contributed by atoms with Gasteiger partial charge in [0, 0.05) is 18.1 Å². The van der Waals surface area contributed by atoms with Gasteiger partial charge < -0.3 is 10.2 Å². The van der Waals surface area contributed by atoms with Crippen LogP contribution in [-0.4, -0.2) is 44.3 Å². The van der Waals surface area contributed by atoms with Crippen LogP contribution < -0.4 is 9.62 Å². The summed E-state index contributed by atoms with van der Waals surface area (Å²) in [4.78, 5) is 28.3. The smallest absolute Gasteiger partial charge is 0.264 e. The summed E-state index contributed by atoms with van der Waals surface area (Å²) in [5, 5.41) is 3.27. The number of unbranched alkanes of at least 4 members (excludes halogenated alkanes) is 1. The van der Waals surface area contributed by atoms with Gasteiger partial charge in [0.25, 0.3) is 10.0 Å². The van der Waals surface area contributed by atoms with Crippen molar-refractivity contribution in [3.05, 3.63) is 95.3 Å². The first-order valence-corrected chi connectivity index (χ1v) is 14.6. The average Bonchev–Trinajstić information content (AvgIpc) is 2.93. The first-order valence-electron chi connectivity index (χ1n) is 12.8. The molecule has 0 saturated carbocycles. The number of hydrogen-bond donors (Lipinski definition) is 1. The Morgan fingerprint density at radius 2 is 1.59 bits per heavy atom. The molecular weight excluding hydrogens is 541 g/mol. The molecule has 0 fully saturated rings. The number of benzene rings is 3. The van der Waals surface area contributed by atoms with Crippen LogP contribution in [0.1, 0.15) is 38.7 Å². The molecule has 39 heavy (non-hydrogen) atoms. The Kier molecular flexibility index (Phi) is 10.9. The SMILES string of the molecule is CCCCNC(=O)[C@@H](CC)N(Cc1ccccc1Cl)C(=O)CN(c1ccccc1F)S(=O)(=O)c1ccccc1. The molecule has 0 aromatic heterocycles. The minimum atomic E-state index is -4.34. The highest BCUT2D eigenvalue weighted by Gasteiger charge is 2.34. The van der Waals surface area contributed by atoms with Crippen molar-refractivity contribution in [1.29, 1.82) is 0 Å². The molecule has 7 nitrogen and oxygen atoms in total. The quantitative estimate of drug-likeness (QED) is 0.277. The molecule has 0 aliphatic rings. The molecule has 3 aromatic carbocycles. The second kappa shape index (κ2) is 14.1. The maximum atomic E-state index is 15.0. The lowest BCUT2D eigenvalue weighted by Gasteiger charge is -2.33. The molecule has 0 aliphatic carbocycles. The van der Waals surface area contributed by atoms with E-state index in [0.717, 1.165) is 23.2 Å². The van der Waals surface area contributed by atoms with E-state index in [-0.39, 0.29) is 29.5 Å². The highest BCUT2D eigenvalue weighted by Crippen LogP contribution is 2.27. The van der Waals surface area contributed by atoms with E-state index in [1.807, 2.05) is 6.92 Å². The van der Waals surface area contributed by atoms with Crippen LogP contribution in [0.25, 0.3) is 0 Å². The summed E-state index contributed by atoms with van der Waals surface area (Å²) < 4.78 is 43.1. The summed E-state index contributed by atoms with van der Waals surface area (Å²) in [6, 6.07) is 18.9. The van der Waals surface area contributed by atoms with Gasteiger partial charge in [-0.05, 0) is 48.7 Å². The van der Waals surface area contributed by atoms with Gasteiger partial charge in [0.2, 0.25) is 11.8 Å². The minimum absolute atomic E-state index is 0.0330. The van der Waals surface area contributed by atoms with Gasteiger partial charge in [0.15, 0.2) is 0 Å². The second-order valence-corrected chi connectivity index (χ2v) is 11.2. The van der Waals surface area contributed by atoms with Crippen LogP contribution in [-0.2, 0) is 26.2 Å². The lowest BCUT2D eigenvalue weighted by molar-refractivity contribution is -0.140. The Morgan fingerprint density at radius 1 is 0.949 bits per heavy atom. The van der Waals surface area contributed by atoms with E-state index in [0.29, 0.717) is 17.1 Å². The van der Waals surface area contributed by atoms with Gasteiger partial charge in [0.1, 0.15) is 18.4 Å². The summed E-state index contributed by atoms with van der Waals surface area (Å²) in [7, 11) is -4.34. The highest BCUT2D eigenvalue weighted by atomic mass is 35.5. The maximum Gasteiger partial charge on any atom is 0.264 e. The van der Waals surface area contributed by atoms with Crippen molar-refractivity contribution < 1.29 is 22.4 Å². The second-order valence-electron chi connectivity index (χ2n) is 8.96. The number of carbonyl (C=O) groups is 2. The van der Waals surface area contributed by atoms with Crippen molar-refractivity contribution in [2.24, 2.45) is 0 Å². The first kappa shape index (κ1) is 30.1. The molecule has 208 valence electrons. The molecule has 1 N–H and O–H groups in total. The van der Waals surface area contributed by atoms with Crippen LogP contribution in [0.2, 0.25) is 5.02 Å². The fourth-order valence-electron chi connectivity index (χ4n) is 4.12. The lowest BCUT2D eigenvalue weighted by Crippen LogP contribution is -2.52. The Balaban J connectivity index is 2.04. The van der Waals surface area contributed by atoms with E-state index in [1.54, 1.807) is 49.4 Å². The van der Waals surface area contributed by atoms with Crippen molar-refractivity contribution in [1.82, 2.24) is 10.2 Å². The molecule has 0 spiro atoms. The molecular formula is C29H33ClFN3O4S. The predicted octanol–water partition coefficient (Wildman–Crippen LogP) is 5.40. The molecule has 0 unspecified atom stereocenters. The zero-order valence-corrected chi connectivity index (χ0v) is 23.6. The van der Waals surface area contributed by atoms with Crippen LogP contribution in [0.3, 0.4) is 0 Å². The Labute approximate surface area is 234 Å². The van der Waals surface area contributed by atoms with Crippen LogP contribution in [0.4, 0.5) is 10.1 Å². The van der Waals surface area contributed by atoms with Gasteiger partial charge >= 0.3 is 0 Å². The van der Waals surface area contributed by atoms with Gasteiger partial charge in [-0.1, -0.05) is 80.4 Å². The number of nitrogens with one attached hydrogen (secondary N) is 1. The van der Waals surface area contributed by atoms with Gasteiger partial charge in [-0.15, -0.1) is 0 Å². The third kappa shape index (κ3) is 7.58. The third-order valence-corrected chi connectivity index (χ3v) is 8.39. The van der Waals surface area contributed by atoms with Crippen LogP contribution in [0, 0.1) is 5.82 Å². The number of sulfonamides is 1. The van der Waals surface area contributed by atoms with Gasteiger partial charge in [0.05, 0.1) is 10.6 Å². The predicted molar refractivity (Wildman–Crippen MR) is 151 cm³/mol. The molecule has 1 atom stereocenters. The normalized spacial score (nSPS) is 12.0. The molecule has 0 saturated heterocycles. The lowest BCUT2D eigenvalue weighted by atomic mass is 10.1. The van der Waals surface area contributed by atoms with Crippen molar-refractivity contribution in [2.45, 2.75) is 50.6 Å². The number of amides is 2. The number of halogens is 2. The first-order chi connectivity index (χ1) is 18.7. The third-order valence-electron chi connectivity index (χ3n) is 6.25. The van der Waals surface area contributed by atoms with E-state index in [1.165, 1.54) is 35.2 Å². The fraction of sp³-hybridized carbons (Fsp3) is 0.310. The van der Waals surface area contributed by atoms with E-state index < -0.39 is 34.3 Å². The highest BCUT2D eigenvalue weighted by molar-refractivity contribution is 7.92. The monoisotopic (exact) mass is 573 g/mol. The summed E-state index contributed by atoms with van der Waals surface area (Å²) in [6.07, 6.45) is 1.94. The zero-order valence-electron chi connectivity index (χ0n) is 22.0. The number of anilines is 1. The molecule has 10 heteroatoms. The van der Waals surface area contributed by atoms with Crippen LogP contribution >= 0.6 is 11.6 Å². The largest absolute Gasteiger partial charge is 0.354 e. The number of rotatable bonds is 13. The topological polar surface area (TPSA) is 86.8 Å². The molecule has 0 heterocycles. The molecule has 0 radical (unpaired) electrons. The summed E-state index contributed by atoms with van der Waals surface area (Å²) >= 11 is 6.38. The molecule has 0 bridgehead atoms. The Bertz CT molecular complexity index is 1370. The van der Waals surface area contributed by atoms with Crippen LogP contribution in [0.15, 0.2) is 83.8 Å². The average molecular weight is 574 g/mol. The Hall–Kier alpha value is -3.43. The van der Waals surface area contributed by atoms with Gasteiger partial charge in [-0.25, -0.2) is 12.8 Å². The van der Waals surface area contributed by atoms with Gasteiger partial charge in [-0.3, -0.25) is 13.9 Å². The van der Waals surface area contributed by atoms with Crippen molar-refractivity contribution >= 4 is 39.1 Å². The standard InChI is InChI=1S/C29H33ClFN3O4S/c1-3-5-19-32-29(36)26(4-2)33(20-22-13-9-10-16-24(22)30)28(35)21-34(27-18-12-11-17-25(27)31)39(37,38)23-14-7-6-8-15-23/h6-18,26H,3-5,19-21H2,1-2H3,(H,32,36)/t26-/m1/s1. The summed E-state index contributed by atoms with van der Waals surface area (Å²) in [6.45, 7) is 3.47. The van der Waals surface area contributed by atoms with E-state index in [2.05, 4.69) is 5.32 Å². The summed E-state index contributed by atoms with van der Waals surface area (Å²) in [5.74, 6) is -1.82. The fourth-order valence-corrected chi connectivity index (χ4v) is 5.76. The number of carbonyl (C=O) groups excluding carboxylic acids is 2. The number of para-hydroxylation sites is 1. The Morgan fingerprint density at radius 3 is 2.23 bits per heavy atom. The van der Waals surface area contributed by atoms with E-state index in [9.17, 15) is 22.4 Å². The molecule has 3 rings (SSSR count). The number of hydrogen-bond acceptors (Lipinski definition) is 4. The molecule has 0 aliphatic heterocycles. The van der Waals surface area contributed by atoms with Crippen molar-refractivity contribution in [3.8, 4) is 0 Å². The van der Waals surface area contributed by atoms with Crippen molar-refractivity contribution in [2.75, 3.05) is 17.4 Å². The van der Waals surface area contributed by atoms with E-state index in [4.69, 9.17) is 11.6 Å². The molecule has 2 amide bonds. The van der Waals surface area contributed by atoms with Crippen LogP contribution in [0.5, 0.6) is 0 Å². The van der Waals surface area contributed by atoms with Gasteiger partial charge in [-0.2, -0.15) is 0 Å². The maximum absolute atomic E-state index is 15.0. The van der Waals surface area contributed by atoms with E-state index >= 15 is 0 Å². The zero-order chi connectivity index (χ0) is 28.4.